The molecule has 0 aliphatic carbocycles. The van der Waals surface area contributed by atoms with Crippen molar-refractivity contribution < 1.29 is 0 Å². The summed E-state index contributed by atoms with van der Waals surface area (Å²) in [6.45, 7) is 2.12. The number of rotatable bonds is 2. The lowest BCUT2D eigenvalue weighted by Crippen LogP contribution is -1.93. The van der Waals surface area contributed by atoms with E-state index in [4.69, 9.17) is 0 Å². The van der Waals surface area contributed by atoms with E-state index in [-0.39, 0.29) is 0 Å². The van der Waals surface area contributed by atoms with Gasteiger partial charge in [0, 0.05) is 11.9 Å². The first-order valence-electron chi connectivity index (χ1n) is 3.61. The van der Waals surface area contributed by atoms with Crippen molar-refractivity contribution in [2.45, 2.75) is 11.8 Å². The van der Waals surface area contributed by atoms with E-state index >= 15 is 0 Å². The highest BCUT2D eigenvalue weighted by Gasteiger charge is 2.00. The zero-order valence-corrected chi connectivity index (χ0v) is 7.96. The van der Waals surface area contributed by atoms with Gasteiger partial charge in [0.15, 0.2) is 0 Å². The largest absolute Gasteiger partial charge is 0.387 e. The van der Waals surface area contributed by atoms with E-state index in [0.717, 1.165) is 0 Å². The van der Waals surface area contributed by atoms with Crippen LogP contribution in [-0.4, -0.2) is 13.3 Å². The van der Waals surface area contributed by atoms with Gasteiger partial charge < -0.3 is 5.32 Å². The van der Waals surface area contributed by atoms with E-state index in [0.29, 0.717) is 0 Å². The Kier molecular flexibility index (Phi) is 2.83. The highest BCUT2D eigenvalue weighted by molar-refractivity contribution is 7.98. The summed E-state index contributed by atoms with van der Waals surface area (Å²) in [5, 5.41) is 3.19. The molecule has 0 atom stereocenters. The van der Waals surface area contributed by atoms with Crippen molar-refractivity contribution in [2.75, 3.05) is 18.6 Å². The van der Waals surface area contributed by atoms with Gasteiger partial charge in [-0.05, 0) is 24.8 Å². The van der Waals surface area contributed by atoms with E-state index < -0.39 is 0 Å². The van der Waals surface area contributed by atoms with Gasteiger partial charge in [-0.1, -0.05) is 12.1 Å². The topological polar surface area (TPSA) is 12.0 Å². The maximum Gasteiger partial charge on any atom is 0.0505 e. The summed E-state index contributed by atoms with van der Waals surface area (Å²) in [5.74, 6) is 0. The summed E-state index contributed by atoms with van der Waals surface area (Å²) in [5.41, 5.74) is 2.55. The summed E-state index contributed by atoms with van der Waals surface area (Å²) in [6, 6.07) is 6.33. The summed E-state index contributed by atoms with van der Waals surface area (Å²) < 4.78 is 0. The average Bonchev–Trinajstić information content (AvgIpc) is 2.04. The van der Waals surface area contributed by atoms with E-state index in [1.165, 1.54) is 16.1 Å². The van der Waals surface area contributed by atoms with Crippen molar-refractivity contribution in [3.8, 4) is 0 Å². The first kappa shape index (κ1) is 8.47. The van der Waals surface area contributed by atoms with Crippen molar-refractivity contribution >= 4 is 17.4 Å². The van der Waals surface area contributed by atoms with E-state index in [9.17, 15) is 0 Å². The van der Waals surface area contributed by atoms with Gasteiger partial charge in [-0.2, -0.15) is 0 Å². The van der Waals surface area contributed by atoms with Gasteiger partial charge in [0.1, 0.15) is 0 Å². The zero-order valence-electron chi connectivity index (χ0n) is 7.14. The maximum absolute atomic E-state index is 3.19. The zero-order chi connectivity index (χ0) is 8.27. The Morgan fingerprint density at radius 1 is 1.36 bits per heavy atom. The van der Waals surface area contributed by atoms with Gasteiger partial charge in [-0.15, -0.1) is 11.8 Å². The highest BCUT2D eigenvalue weighted by Crippen LogP contribution is 2.27. The van der Waals surface area contributed by atoms with Crippen LogP contribution in [0.5, 0.6) is 0 Å². The SMILES string of the molecule is CNc1c(C)cccc1SC. The third-order valence-electron chi connectivity index (χ3n) is 1.70. The number of anilines is 1. The van der Waals surface area contributed by atoms with E-state index in [2.05, 4.69) is 36.7 Å². The molecule has 1 aromatic rings. The quantitative estimate of drug-likeness (QED) is 0.680. The molecule has 1 nitrogen and oxygen atoms in total. The van der Waals surface area contributed by atoms with E-state index in [1.54, 1.807) is 11.8 Å². The summed E-state index contributed by atoms with van der Waals surface area (Å²) in [7, 11) is 1.96. The molecule has 0 bridgehead atoms. The number of benzene rings is 1. The van der Waals surface area contributed by atoms with Crippen LogP contribution in [0.4, 0.5) is 5.69 Å². The van der Waals surface area contributed by atoms with Gasteiger partial charge in [0.2, 0.25) is 0 Å². The molecule has 0 amide bonds. The van der Waals surface area contributed by atoms with Crippen molar-refractivity contribution in [1.29, 1.82) is 0 Å². The van der Waals surface area contributed by atoms with Gasteiger partial charge in [0.25, 0.3) is 0 Å². The second kappa shape index (κ2) is 3.67. The van der Waals surface area contributed by atoms with Gasteiger partial charge in [-0.25, -0.2) is 0 Å². The lowest BCUT2D eigenvalue weighted by Gasteiger charge is -2.08. The first-order chi connectivity index (χ1) is 5.29. The van der Waals surface area contributed by atoms with Crippen LogP contribution in [0.1, 0.15) is 5.56 Å². The van der Waals surface area contributed by atoms with Crippen LogP contribution in [0.15, 0.2) is 23.1 Å². The number of para-hydroxylation sites is 1. The van der Waals surface area contributed by atoms with Crippen LogP contribution < -0.4 is 5.32 Å². The van der Waals surface area contributed by atoms with E-state index in [1.807, 2.05) is 7.05 Å². The number of nitrogens with one attached hydrogen (secondary N) is 1. The molecule has 0 aliphatic rings. The standard InChI is InChI=1S/C9H13NS/c1-7-5-4-6-8(11-3)9(7)10-2/h4-6,10H,1-3H3. The minimum atomic E-state index is 1.25. The Balaban J connectivity index is 3.13. The minimum Gasteiger partial charge on any atom is -0.387 e. The molecule has 11 heavy (non-hydrogen) atoms. The lowest BCUT2D eigenvalue weighted by atomic mass is 10.2. The monoisotopic (exact) mass is 167 g/mol. The molecule has 60 valence electrons. The van der Waals surface area contributed by atoms with Crippen molar-refractivity contribution in [1.82, 2.24) is 0 Å². The third-order valence-corrected chi connectivity index (χ3v) is 2.48. The molecular formula is C9H13NS. The van der Waals surface area contributed by atoms with Crippen LogP contribution in [-0.2, 0) is 0 Å². The Morgan fingerprint density at radius 3 is 2.55 bits per heavy atom. The van der Waals surface area contributed by atoms with Crippen molar-refractivity contribution in [3.63, 3.8) is 0 Å². The fraction of sp³-hybridized carbons (Fsp3) is 0.333. The predicted octanol–water partition coefficient (Wildman–Crippen LogP) is 2.76. The molecule has 0 aromatic heterocycles. The molecule has 2 heteroatoms. The maximum atomic E-state index is 3.19. The molecule has 0 aliphatic heterocycles. The Bertz CT molecular complexity index is 245. The molecule has 0 heterocycles. The highest BCUT2D eigenvalue weighted by atomic mass is 32.2. The summed E-state index contributed by atoms with van der Waals surface area (Å²) >= 11 is 1.77. The molecule has 0 spiro atoms. The third kappa shape index (κ3) is 1.69. The number of aryl methyl sites for hydroxylation is 1. The molecule has 1 aromatic carbocycles. The molecule has 0 unspecified atom stereocenters. The fourth-order valence-corrected chi connectivity index (χ4v) is 1.81. The Morgan fingerprint density at radius 2 is 2.09 bits per heavy atom. The van der Waals surface area contributed by atoms with Crippen LogP contribution in [0, 0.1) is 6.92 Å². The second-order valence-electron chi connectivity index (χ2n) is 2.40. The van der Waals surface area contributed by atoms with Crippen molar-refractivity contribution in [2.24, 2.45) is 0 Å². The van der Waals surface area contributed by atoms with Crippen LogP contribution in [0.25, 0.3) is 0 Å². The summed E-state index contributed by atoms with van der Waals surface area (Å²) in [6.07, 6.45) is 2.09. The number of thioether (sulfide) groups is 1. The van der Waals surface area contributed by atoms with Crippen LogP contribution >= 0.6 is 11.8 Å². The van der Waals surface area contributed by atoms with Gasteiger partial charge in [-0.3, -0.25) is 0 Å². The molecule has 1 N–H and O–H groups in total. The summed E-state index contributed by atoms with van der Waals surface area (Å²) in [4.78, 5) is 1.31. The van der Waals surface area contributed by atoms with Gasteiger partial charge >= 0.3 is 0 Å². The minimum absolute atomic E-state index is 1.25. The molecule has 0 radical (unpaired) electrons. The van der Waals surface area contributed by atoms with Crippen LogP contribution in [0.2, 0.25) is 0 Å². The Labute approximate surface area is 72.2 Å². The van der Waals surface area contributed by atoms with Gasteiger partial charge in [0.05, 0.1) is 5.69 Å². The lowest BCUT2D eigenvalue weighted by molar-refractivity contribution is 1.31. The molecule has 1 rings (SSSR count). The second-order valence-corrected chi connectivity index (χ2v) is 3.25. The number of hydrogen-bond donors (Lipinski definition) is 1. The molecule has 0 saturated carbocycles. The van der Waals surface area contributed by atoms with Crippen molar-refractivity contribution in [3.05, 3.63) is 23.8 Å². The normalized spacial score (nSPS) is 9.73. The first-order valence-corrected chi connectivity index (χ1v) is 4.83. The molecule has 0 fully saturated rings. The smallest absolute Gasteiger partial charge is 0.0505 e. The molecular weight excluding hydrogens is 154 g/mol. The molecule has 0 saturated heterocycles. The predicted molar refractivity (Wildman–Crippen MR) is 52.5 cm³/mol. The fourth-order valence-electron chi connectivity index (χ4n) is 1.13. The Hall–Kier alpha value is -0.630. The number of hydrogen-bond acceptors (Lipinski definition) is 2. The average molecular weight is 167 g/mol. The van der Waals surface area contributed by atoms with Crippen LogP contribution in [0.3, 0.4) is 0 Å².